The number of rotatable bonds is 7. The first-order valence-electron chi connectivity index (χ1n) is 9.39. The summed E-state index contributed by atoms with van der Waals surface area (Å²) in [5.41, 5.74) is 1.56. The number of para-hydroxylation sites is 1. The van der Waals surface area contributed by atoms with Gasteiger partial charge in [-0.2, -0.15) is 0 Å². The number of anilines is 1. The largest absolute Gasteiger partial charge is 0.322 e. The molecular weight excluding hydrogens is 385 g/mol. The predicted molar refractivity (Wildman–Crippen MR) is 109 cm³/mol. The van der Waals surface area contributed by atoms with E-state index in [-0.39, 0.29) is 24.9 Å². The Kier molecular flexibility index (Phi) is 6.79. The second-order valence-electron chi connectivity index (χ2n) is 7.25. The molecule has 0 aromatic heterocycles. The number of allylic oxidation sites excluding steroid dienone is 2. The van der Waals surface area contributed by atoms with Crippen LogP contribution in [0.5, 0.6) is 0 Å². The Hall–Kier alpha value is -1.56. The van der Waals surface area contributed by atoms with E-state index in [0.717, 1.165) is 37.8 Å². The molecule has 1 saturated carbocycles. The molecule has 0 saturated heterocycles. The molecule has 1 aromatic carbocycles. The molecule has 0 heterocycles. The minimum absolute atomic E-state index is 0.0664. The Morgan fingerprint density at radius 3 is 2.44 bits per heavy atom. The maximum atomic E-state index is 12.9. The highest BCUT2D eigenvalue weighted by Crippen LogP contribution is 2.34. The summed E-state index contributed by atoms with van der Waals surface area (Å²) >= 11 is 12.2. The fourth-order valence-corrected chi connectivity index (χ4v) is 3.87. The highest BCUT2D eigenvalue weighted by Gasteiger charge is 2.35. The Balaban J connectivity index is 1.56. The molecule has 7 heteroatoms. The smallest absolute Gasteiger partial charge is 0.241 e. The quantitative estimate of drug-likeness (QED) is 0.729. The van der Waals surface area contributed by atoms with Gasteiger partial charge >= 0.3 is 0 Å². The third-order valence-electron chi connectivity index (χ3n) is 4.80. The van der Waals surface area contributed by atoms with E-state index in [0.29, 0.717) is 21.8 Å². The average molecular weight is 410 g/mol. The molecule has 1 aromatic rings. The van der Waals surface area contributed by atoms with E-state index in [1.54, 1.807) is 30.1 Å². The second kappa shape index (κ2) is 9.09. The van der Waals surface area contributed by atoms with E-state index in [9.17, 15) is 9.59 Å². The summed E-state index contributed by atoms with van der Waals surface area (Å²) in [6, 6.07) is 5.40. The Labute approximate surface area is 170 Å². The van der Waals surface area contributed by atoms with Gasteiger partial charge in [-0.25, -0.2) is 0 Å². The highest BCUT2D eigenvalue weighted by molar-refractivity contribution is 6.39. The fraction of sp³-hybridized carbons (Fsp3) is 0.500. The monoisotopic (exact) mass is 409 g/mol. The molecule has 27 heavy (non-hydrogen) atoms. The highest BCUT2D eigenvalue weighted by atomic mass is 35.5. The minimum Gasteiger partial charge on any atom is -0.322 e. The third kappa shape index (κ3) is 5.47. The van der Waals surface area contributed by atoms with Crippen molar-refractivity contribution in [3.8, 4) is 0 Å². The van der Waals surface area contributed by atoms with Crippen LogP contribution in [0.2, 0.25) is 10.0 Å². The normalized spacial score (nSPS) is 16.8. The molecule has 2 amide bonds. The molecule has 2 aliphatic carbocycles. The molecule has 0 atom stereocenters. The summed E-state index contributed by atoms with van der Waals surface area (Å²) in [7, 11) is 1.77. The molecule has 2 aliphatic rings. The zero-order valence-electron chi connectivity index (χ0n) is 15.5. The van der Waals surface area contributed by atoms with Gasteiger partial charge in [-0.15, -0.1) is 0 Å². The van der Waals surface area contributed by atoms with Gasteiger partial charge in [0.05, 0.1) is 28.8 Å². The summed E-state index contributed by atoms with van der Waals surface area (Å²) in [6.07, 6.45) is 8.68. The van der Waals surface area contributed by atoms with Crippen LogP contribution in [0.3, 0.4) is 0 Å². The van der Waals surface area contributed by atoms with Crippen LogP contribution in [0.15, 0.2) is 30.0 Å². The number of carbonyl (C=O) groups excluding carboxylic acids is 2. The van der Waals surface area contributed by atoms with Crippen molar-refractivity contribution in [2.45, 2.75) is 44.6 Å². The van der Waals surface area contributed by atoms with Crippen LogP contribution in [-0.2, 0) is 9.59 Å². The summed E-state index contributed by atoms with van der Waals surface area (Å²) in [4.78, 5) is 28.9. The van der Waals surface area contributed by atoms with Crippen LogP contribution in [0.25, 0.3) is 0 Å². The Bertz CT molecular complexity index is 726. The molecule has 1 N–H and O–H groups in total. The fourth-order valence-electron chi connectivity index (χ4n) is 3.38. The lowest BCUT2D eigenvalue weighted by Gasteiger charge is -2.29. The van der Waals surface area contributed by atoms with Crippen LogP contribution in [0, 0.1) is 0 Å². The molecule has 5 nitrogen and oxygen atoms in total. The van der Waals surface area contributed by atoms with E-state index in [1.165, 1.54) is 6.42 Å². The molecule has 0 aliphatic heterocycles. The Morgan fingerprint density at radius 2 is 1.85 bits per heavy atom. The van der Waals surface area contributed by atoms with Crippen molar-refractivity contribution in [3.63, 3.8) is 0 Å². The summed E-state index contributed by atoms with van der Waals surface area (Å²) in [5.74, 6) is -0.188. The summed E-state index contributed by atoms with van der Waals surface area (Å²) in [6.45, 7) is 0.294. The topological polar surface area (TPSA) is 52.7 Å². The first kappa shape index (κ1) is 20.2. The van der Waals surface area contributed by atoms with Crippen LogP contribution < -0.4 is 5.32 Å². The maximum Gasteiger partial charge on any atom is 0.241 e. The number of nitrogens with zero attached hydrogens (tertiary/aromatic N) is 2. The summed E-state index contributed by atoms with van der Waals surface area (Å²) in [5, 5.41) is 3.50. The number of hydrogen-bond acceptors (Lipinski definition) is 3. The standard InChI is InChI=1S/C20H25Cl2N3O2/c1-24(12-18(26)23-20-16(21)8-5-9-17(20)22)13-19(27)25(15-10-11-15)14-6-3-2-4-7-14/h5-6,8-9,15H,2-4,7,10-13H2,1H3,(H,23,26). The molecule has 0 radical (unpaired) electrons. The summed E-state index contributed by atoms with van der Waals surface area (Å²) < 4.78 is 0. The lowest BCUT2D eigenvalue weighted by atomic mass is 10.0. The first-order valence-corrected chi connectivity index (χ1v) is 10.1. The van der Waals surface area contributed by atoms with Gasteiger partial charge in [0, 0.05) is 11.7 Å². The van der Waals surface area contributed by atoms with Crippen LogP contribution in [0.1, 0.15) is 38.5 Å². The van der Waals surface area contributed by atoms with Gasteiger partial charge in [0.15, 0.2) is 0 Å². The second-order valence-corrected chi connectivity index (χ2v) is 8.07. The van der Waals surface area contributed by atoms with Crippen LogP contribution in [0.4, 0.5) is 5.69 Å². The maximum absolute atomic E-state index is 12.9. The van der Waals surface area contributed by atoms with Crippen molar-refractivity contribution in [3.05, 3.63) is 40.0 Å². The van der Waals surface area contributed by atoms with Gasteiger partial charge in [-0.3, -0.25) is 14.5 Å². The van der Waals surface area contributed by atoms with Crippen molar-refractivity contribution < 1.29 is 9.59 Å². The number of amides is 2. The lowest BCUT2D eigenvalue weighted by molar-refractivity contribution is -0.131. The molecule has 1 fully saturated rings. The van der Waals surface area contributed by atoms with E-state index in [1.807, 2.05) is 4.90 Å². The number of nitrogens with one attached hydrogen (secondary N) is 1. The van der Waals surface area contributed by atoms with E-state index < -0.39 is 0 Å². The third-order valence-corrected chi connectivity index (χ3v) is 5.43. The molecule has 0 spiro atoms. The minimum atomic E-state index is -0.254. The number of halogens is 2. The predicted octanol–water partition coefficient (Wildman–Crippen LogP) is 4.31. The SMILES string of the molecule is CN(CC(=O)Nc1c(Cl)cccc1Cl)CC(=O)N(C1=CCCCC1)C1CC1. The number of hydrogen-bond donors (Lipinski definition) is 1. The zero-order valence-corrected chi connectivity index (χ0v) is 17.0. The average Bonchev–Trinajstić information content (AvgIpc) is 3.44. The molecule has 0 bridgehead atoms. The number of likely N-dealkylation sites (N-methyl/N-ethyl adjacent to an activating group) is 1. The zero-order chi connectivity index (χ0) is 19.4. The van der Waals surface area contributed by atoms with Crippen molar-refractivity contribution >= 4 is 40.7 Å². The first-order chi connectivity index (χ1) is 13.0. The van der Waals surface area contributed by atoms with Crippen molar-refractivity contribution in [2.24, 2.45) is 0 Å². The molecular formula is C20H25Cl2N3O2. The molecule has 3 rings (SSSR count). The van der Waals surface area contributed by atoms with Gasteiger partial charge < -0.3 is 10.2 Å². The van der Waals surface area contributed by atoms with Gasteiger partial charge in [-0.1, -0.05) is 35.3 Å². The van der Waals surface area contributed by atoms with Gasteiger partial charge in [0.2, 0.25) is 11.8 Å². The van der Waals surface area contributed by atoms with Crippen molar-refractivity contribution in [1.82, 2.24) is 9.80 Å². The van der Waals surface area contributed by atoms with E-state index in [2.05, 4.69) is 11.4 Å². The van der Waals surface area contributed by atoms with Crippen molar-refractivity contribution in [2.75, 3.05) is 25.5 Å². The number of carbonyl (C=O) groups is 2. The Morgan fingerprint density at radius 1 is 1.15 bits per heavy atom. The van der Waals surface area contributed by atoms with Crippen molar-refractivity contribution in [1.29, 1.82) is 0 Å². The van der Waals surface area contributed by atoms with E-state index >= 15 is 0 Å². The van der Waals surface area contributed by atoms with Gasteiger partial charge in [-0.05, 0) is 57.7 Å². The number of benzene rings is 1. The van der Waals surface area contributed by atoms with Crippen LogP contribution in [-0.4, -0.2) is 47.8 Å². The molecule has 0 unspecified atom stereocenters. The molecule has 146 valence electrons. The van der Waals surface area contributed by atoms with Gasteiger partial charge in [0.25, 0.3) is 0 Å². The van der Waals surface area contributed by atoms with Crippen LogP contribution >= 0.6 is 23.2 Å². The lowest BCUT2D eigenvalue weighted by Crippen LogP contribution is -2.42. The van der Waals surface area contributed by atoms with Gasteiger partial charge in [0.1, 0.15) is 0 Å². The van der Waals surface area contributed by atoms with E-state index in [4.69, 9.17) is 23.2 Å².